The standard InChI is InChI=1S/C48H30N4.C2H6/c1-2-11-31(12-3-1)36-14-4-7-17-41(36)51-42-18-8-5-15-37(42)39-29-34(22-25-44(39)51)35-23-26-45-40(30-35)38-16-6-9-19-43(38)52(45)46-27-24-33-21-20-32-13-10-28-49-47(32)48(33)50-46;1-2/h1-30H;1-2H3. The fourth-order valence-corrected chi connectivity index (χ4v) is 8.18. The Morgan fingerprint density at radius 2 is 0.944 bits per heavy atom. The lowest BCUT2D eigenvalue weighted by atomic mass is 10.0. The van der Waals surface area contributed by atoms with Gasteiger partial charge in [0.2, 0.25) is 0 Å². The fourth-order valence-electron chi connectivity index (χ4n) is 8.18. The molecule has 0 N–H and O–H groups in total. The monoisotopic (exact) mass is 692 g/mol. The van der Waals surface area contributed by atoms with Crippen molar-refractivity contribution in [1.82, 2.24) is 19.1 Å². The number of hydrogen-bond donors (Lipinski definition) is 0. The van der Waals surface area contributed by atoms with E-state index >= 15 is 0 Å². The van der Waals surface area contributed by atoms with Gasteiger partial charge in [-0.25, -0.2) is 4.98 Å². The molecule has 0 radical (unpaired) electrons. The molecule has 4 heteroatoms. The van der Waals surface area contributed by atoms with Gasteiger partial charge in [-0.05, 0) is 77.4 Å². The van der Waals surface area contributed by atoms with Crippen LogP contribution >= 0.6 is 0 Å². The quantitative estimate of drug-likeness (QED) is 0.172. The Bertz CT molecular complexity index is 3190. The molecule has 7 aromatic carbocycles. The zero-order valence-corrected chi connectivity index (χ0v) is 30.1. The number of aromatic nitrogens is 4. The Hall–Kier alpha value is -7.04. The lowest BCUT2D eigenvalue weighted by molar-refractivity contribution is 1.10. The van der Waals surface area contributed by atoms with Crippen molar-refractivity contribution in [3.63, 3.8) is 0 Å². The summed E-state index contributed by atoms with van der Waals surface area (Å²) in [7, 11) is 0. The van der Waals surface area contributed by atoms with E-state index in [9.17, 15) is 0 Å². The maximum Gasteiger partial charge on any atom is 0.138 e. The van der Waals surface area contributed by atoms with Crippen LogP contribution in [0, 0.1) is 0 Å². The molecule has 0 saturated carbocycles. The first-order chi connectivity index (χ1) is 26.8. The maximum atomic E-state index is 5.24. The average molecular weight is 693 g/mol. The summed E-state index contributed by atoms with van der Waals surface area (Å²) in [6.07, 6.45) is 1.84. The van der Waals surface area contributed by atoms with Gasteiger partial charge in [0.1, 0.15) is 5.82 Å². The third-order valence-electron chi connectivity index (χ3n) is 10.6. The average Bonchev–Trinajstić information content (AvgIpc) is 3.76. The van der Waals surface area contributed by atoms with Gasteiger partial charge in [0.15, 0.2) is 0 Å². The minimum absolute atomic E-state index is 0.884. The zero-order chi connectivity index (χ0) is 36.2. The van der Waals surface area contributed by atoms with Crippen molar-refractivity contribution < 1.29 is 0 Å². The Labute approximate surface area is 313 Å². The predicted molar refractivity (Wildman–Crippen MR) is 228 cm³/mol. The van der Waals surface area contributed by atoms with Crippen molar-refractivity contribution in [1.29, 1.82) is 0 Å². The Balaban J connectivity index is 0.00000178. The Kier molecular flexibility index (Phi) is 7.55. The number of fused-ring (bicyclic) bond motifs is 9. The van der Waals surface area contributed by atoms with E-state index in [1.807, 2.05) is 26.1 Å². The third kappa shape index (κ3) is 4.91. The lowest BCUT2D eigenvalue weighted by Gasteiger charge is -2.14. The highest BCUT2D eigenvalue weighted by molar-refractivity contribution is 6.13. The van der Waals surface area contributed by atoms with Crippen molar-refractivity contribution >= 4 is 65.4 Å². The molecule has 0 aliphatic heterocycles. The van der Waals surface area contributed by atoms with Crippen LogP contribution in [0.5, 0.6) is 0 Å². The van der Waals surface area contributed by atoms with Crippen molar-refractivity contribution in [2.75, 3.05) is 0 Å². The summed E-state index contributed by atoms with van der Waals surface area (Å²) < 4.78 is 4.71. The van der Waals surface area contributed by atoms with E-state index in [1.165, 1.54) is 60.5 Å². The normalized spacial score (nSPS) is 11.5. The Morgan fingerprint density at radius 3 is 1.67 bits per heavy atom. The van der Waals surface area contributed by atoms with Gasteiger partial charge in [-0.3, -0.25) is 9.55 Å². The molecular formula is C50H36N4. The van der Waals surface area contributed by atoms with Crippen LogP contribution in [-0.4, -0.2) is 19.1 Å². The van der Waals surface area contributed by atoms with E-state index < -0.39 is 0 Å². The van der Waals surface area contributed by atoms with Gasteiger partial charge in [0.05, 0.1) is 38.8 Å². The van der Waals surface area contributed by atoms with Crippen LogP contribution in [0.15, 0.2) is 182 Å². The summed E-state index contributed by atoms with van der Waals surface area (Å²) in [6, 6.07) is 63.1. The van der Waals surface area contributed by atoms with Gasteiger partial charge < -0.3 is 4.57 Å². The molecule has 54 heavy (non-hydrogen) atoms. The molecule has 0 bridgehead atoms. The van der Waals surface area contributed by atoms with E-state index in [0.717, 1.165) is 38.7 Å². The second-order valence-electron chi connectivity index (χ2n) is 13.4. The molecule has 0 atom stereocenters. The Morgan fingerprint density at radius 1 is 0.389 bits per heavy atom. The molecule has 0 aliphatic carbocycles. The van der Waals surface area contributed by atoms with Gasteiger partial charge >= 0.3 is 0 Å². The highest BCUT2D eigenvalue weighted by atomic mass is 15.1. The smallest absolute Gasteiger partial charge is 0.138 e. The van der Waals surface area contributed by atoms with Crippen LogP contribution in [0.4, 0.5) is 0 Å². The molecule has 0 unspecified atom stereocenters. The number of benzene rings is 7. The molecular weight excluding hydrogens is 657 g/mol. The summed E-state index contributed by atoms with van der Waals surface area (Å²) >= 11 is 0. The minimum atomic E-state index is 0.884. The molecule has 4 nitrogen and oxygen atoms in total. The number of rotatable bonds is 4. The van der Waals surface area contributed by atoms with Gasteiger partial charge in [-0.15, -0.1) is 0 Å². The lowest BCUT2D eigenvalue weighted by Crippen LogP contribution is -1.98. The first-order valence-electron chi connectivity index (χ1n) is 18.7. The van der Waals surface area contributed by atoms with Gasteiger partial charge in [-0.1, -0.05) is 129 Å². The molecule has 0 saturated heterocycles. The molecule has 11 aromatic rings. The third-order valence-corrected chi connectivity index (χ3v) is 10.6. The molecule has 256 valence electrons. The molecule has 4 aromatic heterocycles. The highest BCUT2D eigenvalue weighted by Crippen LogP contribution is 2.40. The topological polar surface area (TPSA) is 35.6 Å². The summed E-state index contributed by atoms with van der Waals surface area (Å²) in [6.45, 7) is 4.00. The highest BCUT2D eigenvalue weighted by Gasteiger charge is 2.18. The van der Waals surface area contributed by atoms with Crippen molar-refractivity contribution in [2.45, 2.75) is 13.8 Å². The van der Waals surface area contributed by atoms with Crippen LogP contribution in [0.2, 0.25) is 0 Å². The van der Waals surface area contributed by atoms with E-state index in [4.69, 9.17) is 9.97 Å². The minimum Gasteiger partial charge on any atom is -0.309 e. The van der Waals surface area contributed by atoms with Crippen LogP contribution in [0.3, 0.4) is 0 Å². The maximum absolute atomic E-state index is 5.24. The number of nitrogens with zero attached hydrogens (tertiary/aromatic N) is 4. The summed E-state index contributed by atoms with van der Waals surface area (Å²) in [5.41, 5.74) is 12.4. The van der Waals surface area contributed by atoms with Crippen LogP contribution in [-0.2, 0) is 0 Å². The zero-order valence-electron chi connectivity index (χ0n) is 30.1. The summed E-state index contributed by atoms with van der Waals surface area (Å²) in [4.78, 5) is 9.95. The first kappa shape index (κ1) is 31.7. The molecule has 4 heterocycles. The molecule has 0 amide bonds. The van der Waals surface area contributed by atoms with Crippen molar-refractivity contribution in [2.24, 2.45) is 0 Å². The first-order valence-corrected chi connectivity index (χ1v) is 18.7. The van der Waals surface area contributed by atoms with Gasteiger partial charge in [0, 0.05) is 44.1 Å². The van der Waals surface area contributed by atoms with E-state index in [2.05, 4.69) is 179 Å². The largest absolute Gasteiger partial charge is 0.309 e. The number of para-hydroxylation sites is 3. The SMILES string of the molecule is CC.c1ccc(-c2ccccc2-n2c3ccccc3c3cc(-c4ccc5c(c4)c4ccccc4n5-c4ccc5ccc6cccnc6c5n4)ccc32)cc1. The van der Waals surface area contributed by atoms with Crippen molar-refractivity contribution in [3.05, 3.63) is 182 Å². The van der Waals surface area contributed by atoms with E-state index in [-0.39, 0.29) is 0 Å². The molecule has 0 spiro atoms. The van der Waals surface area contributed by atoms with Gasteiger partial charge in [-0.2, -0.15) is 0 Å². The number of hydrogen-bond acceptors (Lipinski definition) is 2. The van der Waals surface area contributed by atoms with Gasteiger partial charge in [0.25, 0.3) is 0 Å². The molecule has 0 aliphatic rings. The second kappa shape index (κ2) is 12.9. The fraction of sp³-hybridized carbons (Fsp3) is 0.0400. The predicted octanol–water partition coefficient (Wildman–Crippen LogP) is 13.3. The van der Waals surface area contributed by atoms with Crippen molar-refractivity contribution in [3.8, 4) is 33.8 Å². The van der Waals surface area contributed by atoms with E-state index in [0.29, 0.717) is 0 Å². The number of pyridine rings is 2. The summed E-state index contributed by atoms with van der Waals surface area (Å²) in [5.74, 6) is 0.884. The molecule has 11 rings (SSSR count). The van der Waals surface area contributed by atoms with E-state index in [1.54, 1.807) is 0 Å². The van der Waals surface area contributed by atoms with Crippen LogP contribution in [0.25, 0.3) is 99.2 Å². The molecule has 0 fully saturated rings. The van der Waals surface area contributed by atoms with Crippen LogP contribution < -0.4 is 0 Å². The van der Waals surface area contributed by atoms with Crippen LogP contribution in [0.1, 0.15) is 13.8 Å². The summed E-state index contributed by atoms with van der Waals surface area (Å²) in [5, 5.41) is 7.05. The second-order valence-corrected chi connectivity index (χ2v) is 13.4.